The summed E-state index contributed by atoms with van der Waals surface area (Å²) in [6.45, 7) is 5.17. The summed E-state index contributed by atoms with van der Waals surface area (Å²) in [6, 6.07) is 6.04. The highest BCUT2D eigenvalue weighted by Gasteiger charge is 2.19. The molecule has 0 aliphatic heterocycles. The van der Waals surface area contributed by atoms with Gasteiger partial charge in [0, 0.05) is 36.0 Å². The molecule has 1 amide bonds. The van der Waals surface area contributed by atoms with E-state index in [1.54, 1.807) is 45.3 Å². The second-order valence-corrected chi connectivity index (χ2v) is 6.65. The van der Waals surface area contributed by atoms with Crippen molar-refractivity contribution in [2.24, 2.45) is 7.05 Å². The third-order valence-corrected chi connectivity index (χ3v) is 4.56. The van der Waals surface area contributed by atoms with E-state index in [0.717, 1.165) is 5.56 Å². The van der Waals surface area contributed by atoms with Gasteiger partial charge in [0.25, 0.3) is 5.56 Å². The van der Waals surface area contributed by atoms with Crippen molar-refractivity contribution in [1.29, 1.82) is 0 Å². The molecule has 1 aromatic carbocycles. The first-order valence-electron chi connectivity index (χ1n) is 8.43. The Morgan fingerprint density at radius 1 is 1.22 bits per heavy atom. The van der Waals surface area contributed by atoms with Gasteiger partial charge in [0.2, 0.25) is 0 Å². The number of carbonyl (C=O) groups is 1. The molecule has 2 heterocycles. The molecule has 7 heteroatoms. The number of aromatic nitrogens is 1. The van der Waals surface area contributed by atoms with E-state index in [-0.39, 0.29) is 11.0 Å². The minimum Gasteiger partial charge on any atom is -0.465 e. The first-order valence-corrected chi connectivity index (χ1v) is 8.43. The number of pyridine rings is 1. The number of aryl methyl sites for hydroxylation is 2. The highest BCUT2D eigenvalue weighted by atomic mass is 16.4. The predicted molar refractivity (Wildman–Crippen MR) is 102 cm³/mol. The van der Waals surface area contributed by atoms with Crippen LogP contribution in [-0.2, 0) is 7.05 Å². The molecule has 0 fully saturated rings. The molecule has 1 atom stereocenters. The molecule has 27 heavy (non-hydrogen) atoms. The molecule has 2 N–H and O–H groups in total. The zero-order chi connectivity index (χ0) is 19.9. The van der Waals surface area contributed by atoms with Crippen LogP contribution in [0.3, 0.4) is 0 Å². The first kappa shape index (κ1) is 18.4. The summed E-state index contributed by atoms with van der Waals surface area (Å²) in [5.74, 6) is 0.304. The molecule has 2 aromatic heterocycles. The van der Waals surface area contributed by atoms with E-state index in [1.807, 2.05) is 6.92 Å². The van der Waals surface area contributed by atoms with Gasteiger partial charge in [0.15, 0.2) is 5.43 Å². The predicted octanol–water partition coefficient (Wildman–Crippen LogP) is 3.10. The fourth-order valence-electron chi connectivity index (χ4n) is 3.12. The van der Waals surface area contributed by atoms with Gasteiger partial charge in [0.1, 0.15) is 11.3 Å². The molecule has 0 aliphatic carbocycles. The molecule has 3 rings (SSSR count). The number of amides is 1. The van der Waals surface area contributed by atoms with Gasteiger partial charge in [-0.05, 0) is 38.5 Å². The minimum absolute atomic E-state index is 0.209. The van der Waals surface area contributed by atoms with Crippen LogP contribution < -0.4 is 16.3 Å². The van der Waals surface area contributed by atoms with E-state index in [2.05, 4.69) is 5.32 Å². The topological polar surface area (TPSA) is 102 Å². The van der Waals surface area contributed by atoms with Gasteiger partial charge < -0.3 is 19.4 Å². The quantitative estimate of drug-likeness (QED) is 0.740. The number of hydrogen-bond acceptors (Lipinski definition) is 4. The summed E-state index contributed by atoms with van der Waals surface area (Å²) >= 11 is 0. The Labute approximate surface area is 154 Å². The lowest BCUT2D eigenvalue weighted by Crippen LogP contribution is -2.25. The van der Waals surface area contributed by atoms with Crippen LogP contribution >= 0.6 is 0 Å². The summed E-state index contributed by atoms with van der Waals surface area (Å²) in [5, 5.41) is 11.8. The van der Waals surface area contributed by atoms with Gasteiger partial charge >= 0.3 is 6.09 Å². The molecule has 140 valence electrons. The van der Waals surface area contributed by atoms with E-state index >= 15 is 0 Å². The molecule has 7 nitrogen and oxygen atoms in total. The summed E-state index contributed by atoms with van der Waals surface area (Å²) < 4.78 is 7.48. The van der Waals surface area contributed by atoms with Gasteiger partial charge in [-0.2, -0.15) is 0 Å². The average molecular weight is 368 g/mol. The summed E-state index contributed by atoms with van der Waals surface area (Å²) in [6.07, 6.45) is 0.435. The van der Waals surface area contributed by atoms with Crippen molar-refractivity contribution in [3.8, 4) is 11.3 Å². The molecule has 0 bridgehead atoms. The number of nitrogens with zero attached hydrogens (tertiary/aromatic N) is 1. The molecule has 0 radical (unpaired) electrons. The van der Waals surface area contributed by atoms with Crippen molar-refractivity contribution in [3.05, 3.63) is 67.7 Å². The molecule has 0 aliphatic rings. The SMILES string of the molecule is Cc1cc(C(C)NC(=O)O)c2oc(-c3ccn(C)c(=O)c3)c(C)c(=O)c2c1. The van der Waals surface area contributed by atoms with E-state index in [1.165, 1.54) is 10.6 Å². The van der Waals surface area contributed by atoms with Crippen molar-refractivity contribution in [2.75, 3.05) is 0 Å². The Bertz CT molecular complexity index is 1170. The average Bonchev–Trinajstić information content (AvgIpc) is 2.59. The Kier molecular flexibility index (Phi) is 4.61. The van der Waals surface area contributed by atoms with Gasteiger partial charge in [-0.25, -0.2) is 4.79 Å². The summed E-state index contributed by atoms with van der Waals surface area (Å²) in [4.78, 5) is 36.0. The Morgan fingerprint density at radius 2 is 1.93 bits per heavy atom. The van der Waals surface area contributed by atoms with Gasteiger partial charge in [-0.1, -0.05) is 6.07 Å². The van der Waals surface area contributed by atoms with Crippen molar-refractivity contribution < 1.29 is 14.3 Å². The zero-order valence-electron chi connectivity index (χ0n) is 15.5. The van der Waals surface area contributed by atoms with Crippen LogP contribution in [0.5, 0.6) is 0 Å². The lowest BCUT2D eigenvalue weighted by molar-refractivity contribution is 0.191. The normalized spacial score (nSPS) is 12.1. The maximum atomic E-state index is 12.9. The van der Waals surface area contributed by atoms with Crippen LogP contribution in [0, 0.1) is 13.8 Å². The molecule has 3 aromatic rings. The number of nitrogens with one attached hydrogen (secondary N) is 1. The summed E-state index contributed by atoms with van der Waals surface area (Å²) in [7, 11) is 1.63. The third-order valence-electron chi connectivity index (χ3n) is 4.56. The van der Waals surface area contributed by atoms with Crippen molar-refractivity contribution in [1.82, 2.24) is 9.88 Å². The Balaban J connectivity index is 2.34. The maximum Gasteiger partial charge on any atom is 0.405 e. The van der Waals surface area contributed by atoms with Gasteiger partial charge in [-0.3, -0.25) is 9.59 Å². The number of hydrogen-bond donors (Lipinski definition) is 2. The van der Waals surface area contributed by atoms with Crippen LogP contribution in [0.2, 0.25) is 0 Å². The van der Waals surface area contributed by atoms with Crippen LogP contribution in [-0.4, -0.2) is 15.8 Å². The largest absolute Gasteiger partial charge is 0.465 e. The fourth-order valence-corrected chi connectivity index (χ4v) is 3.12. The molecular weight excluding hydrogens is 348 g/mol. The van der Waals surface area contributed by atoms with Crippen LogP contribution in [0.1, 0.15) is 29.7 Å². The smallest absolute Gasteiger partial charge is 0.405 e. The van der Waals surface area contributed by atoms with Crippen LogP contribution in [0.25, 0.3) is 22.3 Å². The molecular formula is C20H20N2O5. The van der Waals surface area contributed by atoms with Crippen LogP contribution in [0.15, 0.2) is 44.5 Å². The number of rotatable bonds is 3. The zero-order valence-corrected chi connectivity index (χ0v) is 15.5. The van der Waals surface area contributed by atoms with E-state index in [9.17, 15) is 14.4 Å². The molecule has 0 saturated carbocycles. The standard InChI is InChI=1S/C20H20N2O5/c1-10-7-14(12(3)21-20(25)26)19-15(8-10)17(24)11(2)18(27-19)13-5-6-22(4)16(23)9-13/h5-9,12,21H,1-4H3,(H,25,26). The second kappa shape index (κ2) is 6.75. The Hall–Kier alpha value is -3.35. The molecule has 0 saturated heterocycles. The molecule has 0 spiro atoms. The Morgan fingerprint density at radius 3 is 2.56 bits per heavy atom. The second-order valence-electron chi connectivity index (χ2n) is 6.65. The lowest BCUT2D eigenvalue weighted by Gasteiger charge is -2.16. The number of fused-ring (bicyclic) bond motifs is 1. The van der Waals surface area contributed by atoms with Gasteiger partial charge in [0.05, 0.1) is 11.4 Å². The van der Waals surface area contributed by atoms with Crippen molar-refractivity contribution in [2.45, 2.75) is 26.8 Å². The number of benzene rings is 1. The van der Waals surface area contributed by atoms with Crippen molar-refractivity contribution >= 4 is 17.1 Å². The molecule has 1 unspecified atom stereocenters. The first-order chi connectivity index (χ1) is 12.7. The third kappa shape index (κ3) is 3.36. The highest BCUT2D eigenvalue weighted by Crippen LogP contribution is 2.30. The van der Waals surface area contributed by atoms with E-state index in [4.69, 9.17) is 9.52 Å². The van der Waals surface area contributed by atoms with E-state index < -0.39 is 12.1 Å². The highest BCUT2D eigenvalue weighted by molar-refractivity contribution is 5.84. The van der Waals surface area contributed by atoms with Gasteiger partial charge in [-0.15, -0.1) is 0 Å². The monoisotopic (exact) mass is 368 g/mol. The fraction of sp³-hybridized carbons (Fsp3) is 0.250. The maximum absolute atomic E-state index is 12.9. The summed E-state index contributed by atoms with van der Waals surface area (Å²) in [5.41, 5.74) is 2.16. The minimum atomic E-state index is -1.17. The number of carboxylic acid groups (broad SMARTS) is 1. The van der Waals surface area contributed by atoms with Crippen molar-refractivity contribution in [3.63, 3.8) is 0 Å². The van der Waals surface area contributed by atoms with Crippen LogP contribution in [0.4, 0.5) is 4.79 Å². The van der Waals surface area contributed by atoms with E-state index in [0.29, 0.717) is 33.4 Å². The lowest BCUT2D eigenvalue weighted by atomic mass is 9.99.